The molecule has 18 heavy (non-hydrogen) atoms. The van der Waals surface area contributed by atoms with Gasteiger partial charge in [-0.15, -0.1) is 11.6 Å². The Hall–Kier alpha value is -2.08. The number of hydrazone groups is 1. The molecule has 1 heterocycles. The summed E-state index contributed by atoms with van der Waals surface area (Å²) >= 11 is 5.78. The van der Waals surface area contributed by atoms with Crippen molar-refractivity contribution in [3.8, 4) is 0 Å². The number of hydrogen-bond donors (Lipinski definition) is 1. The Balaban J connectivity index is 2.10. The van der Waals surface area contributed by atoms with Crippen molar-refractivity contribution in [1.29, 1.82) is 0 Å². The van der Waals surface area contributed by atoms with Gasteiger partial charge in [0.25, 0.3) is 5.91 Å². The van der Waals surface area contributed by atoms with Crippen LogP contribution in [0.15, 0.2) is 39.6 Å². The number of halogens is 2. The van der Waals surface area contributed by atoms with Gasteiger partial charge in [0.1, 0.15) is 11.5 Å². The van der Waals surface area contributed by atoms with E-state index in [-0.39, 0.29) is 11.5 Å². The number of carbonyl (C=O) groups excluding carboxylic acids is 1. The molecule has 0 bridgehead atoms. The first-order valence-corrected chi connectivity index (χ1v) is 5.44. The fourth-order valence-corrected chi connectivity index (χ4v) is 1.35. The molecule has 0 saturated carbocycles. The molecule has 0 spiro atoms. The maximum Gasteiger partial charge on any atom is 0.264 e. The maximum atomic E-state index is 12.6. The van der Waals surface area contributed by atoms with Crippen molar-refractivity contribution in [3.05, 3.63) is 35.6 Å². The summed E-state index contributed by atoms with van der Waals surface area (Å²) in [7, 11) is 0. The molecule has 1 amide bonds. The molecule has 92 valence electrons. The second kappa shape index (κ2) is 5.50. The number of benzene rings is 1. The van der Waals surface area contributed by atoms with Crippen LogP contribution in [0.1, 0.15) is 5.56 Å². The highest BCUT2D eigenvalue weighted by Crippen LogP contribution is 2.03. The highest BCUT2D eigenvalue weighted by Gasteiger charge is 2.23. The fraction of sp³-hybridized carbons (Fsp3) is 0.0909. The summed E-state index contributed by atoms with van der Waals surface area (Å²) in [4.78, 5) is 11.1. The van der Waals surface area contributed by atoms with Gasteiger partial charge in [0.2, 0.25) is 0 Å². The zero-order chi connectivity index (χ0) is 13.0. The van der Waals surface area contributed by atoms with Crippen molar-refractivity contribution in [1.82, 2.24) is 5.43 Å². The highest BCUT2D eigenvalue weighted by molar-refractivity contribution is 6.54. The first-order chi connectivity index (χ1) is 8.66. The molecular formula is C11H8ClFN4O. The van der Waals surface area contributed by atoms with Crippen molar-refractivity contribution in [2.24, 2.45) is 15.3 Å². The average molecular weight is 267 g/mol. The molecule has 1 aliphatic heterocycles. The van der Waals surface area contributed by atoms with Crippen LogP contribution in [-0.4, -0.2) is 29.4 Å². The van der Waals surface area contributed by atoms with E-state index in [0.717, 1.165) is 0 Å². The van der Waals surface area contributed by atoms with Gasteiger partial charge in [-0.2, -0.15) is 15.3 Å². The second-order valence-corrected chi connectivity index (χ2v) is 3.85. The van der Waals surface area contributed by atoms with E-state index < -0.39 is 11.3 Å². The molecule has 7 heteroatoms. The number of alkyl halides is 1. The average Bonchev–Trinajstić information content (AvgIpc) is 2.37. The first kappa shape index (κ1) is 12.4. The molecule has 0 aromatic heterocycles. The Morgan fingerprint density at radius 3 is 2.83 bits per heavy atom. The lowest BCUT2D eigenvalue weighted by Gasteiger charge is -2.10. The van der Waals surface area contributed by atoms with Gasteiger partial charge < -0.3 is 0 Å². The van der Waals surface area contributed by atoms with E-state index in [0.29, 0.717) is 5.56 Å². The summed E-state index contributed by atoms with van der Waals surface area (Å²) in [5.74, 6) is -0.773. The molecular weight excluding hydrogens is 259 g/mol. The normalized spacial score (nSPS) is 21.6. The summed E-state index contributed by atoms with van der Waals surface area (Å²) < 4.78 is 12.6. The second-order valence-electron chi connectivity index (χ2n) is 3.42. The van der Waals surface area contributed by atoms with Crippen LogP contribution in [0.2, 0.25) is 0 Å². The summed E-state index contributed by atoms with van der Waals surface area (Å²) in [5.41, 5.74) is 3.13. The smallest absolute Gasteiger partial charge is 0.264 e. The van der Waals surface area contributed by atoms with Gasteiger partial charge in [-0.05, 0) is 17.7 Å². The summed E-state index contributed by atoms with van der Waals surface area (Å²) in [5, 5.41) is 10.2. The molecule has 2 rings (SSSR count). The maximum absolute atomic E-state index is 12.6. The third kappa shape index (κ3) is 2.98. The van der Waals surface area contributed by atoms with E-state index in [9.17, 15) is 9.18 Å². The van der Waals surface area contributed by atoms with Gasteiger partial charge in [-0.3, -0.25) is 4.79 Å². The fourth-order valence-electron chi connectivity index (χ4n) is 1.21. The van der Waals surface area contributed by atoms with Crippen molar-refractivity contribution < 1.29 is 9.18 Å². The SMILES string of the molecule is O=C1NN=CC(=N/N=C\c2ccc(F)cc2)C1Cl. The van der Waals surface area contributed by atoms with E-state index in [1.807, 2.05) is 0 Å². The Morgan fingerprint density at radius 2 is 2.11 bits per heavy atom. The van der Waals surface area contributed by atoms with Crippen molar-refractivity contribution in [2.75, 3.05) is 0 Å². The molecule has 5 nitrogen and oxygen atoms in total. The highest BCUT2D eigenvalue weighted by atomic mass is 35.5. The summed E-state index contributed by atoms with van der Waals surface area (Å²) in [6.45, 7) is 0. The van der Waals surface area contributed by atoms with E-state index in [1.165, 1.54) is 24.6 Å². The Labute approximate surface area is 107 Å². The third-order valence-electron chi connectivity index (χ3n) is 2.11. The molecule has 1 aromatic rings. The predicted molar refractivity (Wildman–Crippen MR) is 67.7 cm³/mol. The Morgan fingerprint density at radius 1 is 1.39 bits per heavy atom. The minimum absolute atomic E-state index is 0.249. The summed E-state index contributed by atoms with van der Waals surface area (Å²) in [6.07, 6.45) is 2.75. The van der Waals surface area contributed by atoms with Gasteiger partial charge in [0, 0.05) is 0 Å². The molecule has 1 unspecified atom stereocenters. The summed E-state index contributed by atoms with van der Waals surface area (Å²) in [6, 6.07) is 5.74. The lowest BCUT2D eigenvalue weighted by Crippen LogP contribution is -2.38. The lowest BCUT2D eigenvalue weighted by atomic mass is 10.2. The van der Waals surface area contributed by atoms with Crippen molar-refractivity contribution >= 4 is 35.6 Å². The Kier molecular flexibility index (Phi) is 3.78. The van der Waals surface area contributed by atoms with Gasteiger partial charge in [0.05, 0.1) is 12.4 Å². The molecule has 0 saturated heterocycles. The van der Waals surface area contributed by atoms with Crippen LogP contribution in [0.5, 0.6) is 0 Å². The van der Waals surface area contributed by atoms with E-state index >= 15 is 0 Å². The molecule has 1 aromatic carbocycles. The first-order valence-electron chi connectivity index (χ1n) is 5.00. The monoisotopic (exact) mass is 266 g/mol. The van der Waals surface area contributed by atoms with Crippen LogP contribution in [0, 0.1) is 5.82 Å². The zero-order valence-electron chi connectivity index (χ0n) is 9.05. The molecule has 0 aliphatic carbocycles. The van der Waals surface area contributed by atoms with Crippen LogP contribution in [0.3, 0.4) is 0 Å². The number of rotatable bonds is 2. The largest absolute Gasteiger partial charge is 0.271 e. The third-order valence-corrected chi connectivity index (χ3v) is 2.53. The van der Waals surface area contributed by atoms with Crippen molar-refractivity contribution in [3.63, 3.8) is 0 Å². The van der Waals surface area contributed by atoms with Crippen LogP contribution in [0.25, 0.3) is 0 Å². The van der Waals surface area contributed by atoms with E-state index in [2.05, 4.69) is 20.7 Å². The molecule has 0 fully saturated rings. The van der Waals surface area contributed by atoms with Crippen LogP contribution in [0.4, 0.5) is 4.39 Å². The molecule has 0 radical (unpaired) electrons. The quantitative estimate of drug-likeness (QED) is 0.490. The predicted octanol–water partition coefficient (Wildman–Crippen LogP) is 1.32. The number of nitrogens with zero attached hydrogens (tertiary/aromatic N) is 3. The van der Waals surface area contributed by atoms with Gasteiger partial charge in [0.15, 0.2) is 5.38 Å². The topological polar surface area (TPSA) is 66.2 Å². The Bertz CT molecular complexity index is 538. The van der Waals surface area contributed by atoms with Crippen LogP contribution < -0.4 is 5.43 Å². The number of amides is 1. The van der Waals surface area contributed by atoms with Crippen molar-refractivity contribution in [2.45, 2.75) is 5.38 Å². The zero-order valence-corrected chi connectivity index (χ0v) is 9.80. The minimum atomic E-state index is -0.909. The van der Waals surface area contributed by atoms with E-state index in [4.69, 9.17) is 11.6 Å². The number of nitrogens with one attached hydrogen (secondary N) is 1. The lowest BCUT2D eigenvalue weighted by molar-refractivity contribution is -0.119. The molecule has 1 atom stereocenters. The van der Waals surface area contributed by atoms with Gasteiger partial charge in [-0.25, -0.2) is 9.82 Å². The minimum Gasteiger partial charge on any atom is -0.271 e. The standard InChI is InChI=1S/C11H8ClFN4O/c12-10-9(6-15-17-11(10)18)16-14-5-7-1-3-8(13)4-2-7/h1-6,10H,(H,17,18)/b14-5-,16-9?. The number of hydrogen-bond acceptors (Lipinski definition) is 4. The number of carbonyl (C=O) groups is 1. The van der Waals surface area contributed by atoms with Gasteiger partial charge >= 0.3 is 0 Å². The molecule has 1 N–H and O–H groups in total. The molecule has 1 aliphatic rings. The van der Waals surface area contributed by atoms with Crippen LogP contribution >= 0.6 is 11.6 Å². The van der Waals surface area contributed by atoms with E-state index in [1.54, 1.807) is 12.1 Å². The van der Waals surface area contributed by atoms with Crippen LogP contribution in [-0.2, 0) is 4.79 Å². The van der Waals surface area contributed by atoms with Gasteiger partial charge in [-0.1, -0.05) is 12.1 Å².